The summed E-state index contributed by atoms with van der Waals surface area (Å²) in [5, 5.41) is 8.08. The van der Waals surface area contributed by atoms with Crippen molar-refractivity contribution in [2.45, 2.75) is 52.7 Å². The third kappa shape index (κ3) is 2.31. The van der Waals surface area contributed by atoms with E-state index in [1.54, 1.807) is 0 Å². The van der Waals surface area contributed by atoms with Gasteiger partial charge in [-0.2, -0.15) is 5.10 Å². The number of hydrogen-bond acceptors (Lipinski definition) is 3. The lowest BCUT2D eigenvalue weighted by atomic mass is 10.0. The van der Waals surface area contributed by atoms with Crippen molar-refractivity contribution in [3.63, 3.8) is 0 Å². The molecule has 1 aliphatic heterocycles. The zero-order chi connectivity index (χ0) is 13.3. The average molecular weight is 250 g/mol. The molecule has 0 amide bonds. The van der Waals surface area contributed by atoms with Crippen molar-refractivity contribution in [3.05, 3.63) is 17.0 Å². The highest BCUT2D eigenvalue weighted by molar-refractivity contribution is 5.28. The van der Waals surface area contributed by atoms with Crippen molar-refractivity contribution < 1.29 is 0 Å². The fourth-order valence-corrected chi connectivity index (χ4v) is 3.13. The first-order chi connectivity index (χ1) is 8.56. The van der Waals surface area contributed by atoms with Gasteiger partial charge >= 0.3 is 0 Å². The summed E-state index contributed by atoms with van der Waals surface area (Å²) in [5.41, 5.74) is 3.91. The Kier molecular flexibility index (Phi) is 4.07. The van der Waals surface area contributed by atoms with Gasteiger partial charge in [-0.3, -0.25) is 9.58 Å². The topological polar surface area (TPSA) is 33.1 Å². The zero-order valence-electron chi connectivity index (χ0n) is 12.3. The van der Waals surface area contributed by atoms with Crippen molar-refractivity contribution in [2.75, 3.05) is 20.1 Å². The molecule has 1 fully saturated rings. The Labute approximate surface area is 110 Å². The van der Waals surface area contributed by atoms with Crippen LogP contribution in [0.5, 0.6) is 0 Å². The molecule has 1 N–H and O–H groups in total. The Hall–Kier alpha value is -0.870. The van der Waals surface area contributed by atoms with Gasteiger partial charge in [0.1, 0.15) is 0 Å². The van der Waals surface area contributed by atoms with E-state index in [-0.39, 0.29) is 0 Å². The molecular formula is C14H26N4. The lowest BCUT2D eigenvalue weighted by Gasteiger charge is -2.30. The van der Waals surface area contributed by atoms with Crippen LogP contribution in [-0.2, 0) is 6.54 Å². The maximum Gasteiger partial charge on any atom is 0.0644 e. The monoisotopic (exact) mass is 250 g/mol. The third-order valence-corrected chi connectivity index (χ3v) is 4.38. The minimum absolute atomic E-state index is 0.440. The maximum absolute atomic E-state index is 4.63. The molecule has 4 nitrogen and oxygen atoms in total. The van der Waals surface area contributed by atoms with Crippen LogP contribution >= 0.6 is 0 Å². The number of likely N-dealkylation sites (N-methyl/N-ethyl adjacent to an activating group) is 1. The summed E-state index contributed by atoms with van der Waals surface area (Å²) in [4.78, 5) is 2.50. The molecule has 2 unspecified atom stereocenters. The third-order valence-electron chi connectivity index (χ3n) is 4.38. The van der Waals surface area contributed by atoms with Gasteiger partial charge in [0.2, 0.25) is 0 Å². The first-order valence-electron chi connectivity index (χ1n) is 7.02. The number of aromatic nitrogens is 2. The SMILES string of the molecule is CCn1nc(C)c(C(C)N(C)C2CCNC2)c1C. The van der Waals surface area contributed by atoms with Crippen LogP contribution in [0.2, 0.25) is 0 Å². The number of nitrogens with zero attached hydrogens (tertiary/aromatic N) is 3. The Balaban J connectivity index is 2.22. The van der Waals surface area contributed by atoms with Crippen LogP contribution in [0.4, 0.5) is 0 Å². The summed E-state index contributed by atoms with van der Waals surface area (Å²) in [6.45, 7) is 12.0. The smallest absolute Gasteiger partial charge is 0.0644 e. The Morgan fingerprint density at radius 2 is 2.22 bits per heavy atom. The van der Waals surface area contributed by atoms with Crippen molar-refractivity contribution >= 4 is 0 Å². The lowest BCUT2D eigenvalue weighted by Crippen LogP contribution is -2.35. The van der Waals surface area contributed by atoms with Gasteiger partial charge in [-0.05, 0) is 47.7 Å². The van der Waals surface area contributed by atoms with E-state index in [9.17, 15) is 0 Å². The molecule has 2 heterocycles. The predicted octanol–water partition coefficient (Wildman–Crippen LogP) is 1.87. The van der Waals surface area contributed by atoms with Gasteiger partial charge in [-0.25, -0.2) is 0 Å². The van der Waals surface area contributed by atoms with Crippen LogP contribution in [0.25, 0.3) is 0 Å². The van der Waals surface area contributed by atoms with Crippen molar-refractivity contribution in [2.24, 2.45) is 0 Å². The molecule has 4 heteroatoms. The van der Waals surface area contributed by atoms with Gasteiger partial charge in [0, 0.05) is 36.4 Å². The molecule has 2 atom stereocenters. The molecule has 1 aromatic heterocycles. The van der Waals surface area contributed by atoms with Crippen LogP contribution in [0.15, 0.2) is 0 Å². The fourth-order valence-electron chi connectivity index (χ4n) is 3.13. The van der Waals surface area contributed by atoms with Crippen molar-refractivity contribution in [1.29, 1.82) is 0 Å². The summed E-state index contributed by atoms with van der Waals surface area (Å²) in [5.74, 6) is 0. The molecule has 0 saturated carbocycles. The maximum atomic E-state index is 4.63. The minimum Gasteiger partial charge on any atom is -0.315 e. The van der Waals surface area contributed by atoms with E-state index >= 15 is 0 Å². The number of rotatable bonds is 4. The molecule has 1 aromatic rings. The second kappa shape index (κ2) is 5.41. The zero-order valence-corrected chi connectivity index (χ0v) is 12.3. The Bertz CT molecular complexity index is 404. The molecule has 102 valence electrons. The van der Waals surface area contributed by atoms with E-state index in [4.69, 9.17) is 0 Å². The average Bonchev–Trinajstić information content (AvgIpc) is 2.96. The van der Waals surface area contributed by atoms with Gasteiger partial charge in [0.05, 0.1) is 5.69 Å². The summed E-state index contributed by atoms with van der Waals surface area (Å²) < 4.78 is 2.11. The van der Waals surface area contributed by atoms with Crippen molar-refractivity contribution in [3.8, 4) is 0 Å². The number of aryl methyl sites for hydroxylation is 2. The normalized spacial score (nSPS) is 21.8. The van der Waals surface area contributed by atoms with E-state index in [2.05, 4.69) is 54.7 Å². The highest BCUT2D eigenvalue weighted by Crippen LogP contribution is 2.28. The molecule has 18 heavy (non-hydrogen) atoms. The Morgan fingerprint density at radius 3 is 2.72 bits per heavy atom. The Morgan fingerprint density at radius 1 is 1.50 bits per heavy atom. The largest absolute Gasteiger partial charge is 0.315 e. The van der Waals surface area contributed by atoms with Gasteiger partial charge in [0.15, 0.2) is 0 Å². The van der Waals surface area contributed by atoms with Gasteiger partial charge < -0.3 is 5.32 Å². The molecule has 1 aliphatic rings. The number of nitrogens with one attached hydrogen (secondary N) is 1. The number of hydrogen-bond donors (Lipinski definition) is 1. The molecule has 0 spiro atoms. The van der Waals surface area contributed by atoms with E-state index < -0.39 is 0 Å². The molecule has 1 saturated heterocycles. The van der Waals surface area contributed by atoms with Crippen LogP contribution in [0.1, 0.15) is 43.3 Å². The van der Waals surface area contributed by atoms with Gasteiger partial charge in [-0.1, -0.05) is 0 Å². The van der Waals surface area contributed by atoms with Crippen LogP contribution < -0.4 is 5.32 Å². The molecule has 0 radical (unpaired) electrons. The van der Waals surface area contributed by atoms with Crippen LogP contribution in [-0.4, -0.2) is 40.9 Å². The molecular weight excluding hydrogens is 224 g/mol. The summed E-state index contributed by atoms with van der Waals surface area (Å²) in [6, 6.07) is 1.10. The summed E-state index contributed by atoms with van der Waals surface area (Å²) in [6.07, 6.45) is 1.25. The fraction of sp³-hybridized carbons (Fsp3) is 0.786. The quantitative estimate of drug-likeness (QED) is 0.885. The summed E-state index contributed by atoms with van der Waals surface area (Å²) >= 11 is 0. The molecule has 0 bridgehead atoms. The van der Waals surface area contributed by atoms with E-state index in [0.29, 0.717) is 12.1 Å². The van der Waals surface area contributed by atoms with Crippen molar-refractivity contribution in [1.82, 2.24) is 20.0 Å². The van der Waals surface area contributed by atoms with E-state index in [1.807, 2.05) is 0 Å². The summed E-state index contributed by atoms with van der Waals surface area (Å²) in [7, 11) is 2.24. The van der Waals surface area contributed by atoms with E-state index in [0.717, 1.165) is 19.6 Å². The standard InChI is InChI=1S/C14H26N4/c1-6-18-12(4)14(10(2)16-18)11(3)17(5)13-7-8-15-9-13/h11,13,15H,6-9H2,1-5H3. The molecule has 0 aromatic carbocycles. The van der Waals surface area contributed by atoms with E-state index in [1.165, 1.54) is 23.4 Å². The lowest BCUT2D eigenvalue weighted by molar-refractivity contribution is 0.196. The first-order valence-corrected chi connectivity index (χ1v) is 7.02. The van der Waals surface area contributed by atoms with Crippen LogP contribution in [0, 0.1) is 13.8 Å². The highest BCUT2D eigenvalue weighted by atomic mass is 15.3. The van der Waals surface area contributed by atoms with Gasteiger partial charge in [0.25, 0.3) is 0 Å². The van der Waals surface area contributed by atoms with Gasteiger partial charge in [-0.15, -0.1) is 0 Å². The molecule has 0 aliphatic carbocycles. The second-order valence-electron chi connectivity index (χ2n) is 5.39. The first kappa shape index (κ1) is 13.6. The highest BCUT2D eigenvalue weighted by Gasteiger charge is 2.27. The van der Waals surface area contributed by atoms with Crippen LogP contribution in [0.3, 0.4) is 0 Å². The molecule has 2 rings (SSSR count). The second-order valence-corrected chi connectivity index (χ2v) is 5.39. The predicted molar refractivity (Wildman–Crippen MR) is 74.8 cm³/mol. The minimum atomic E-state index is 0.440.